The Labute approximate surface area is 129 Å². The summed E-state index contributed by atoms with van der Waals surface area (Å²) >= 11 is 0. The summed E-state index contributed by atoms with van der Waals surface area (Å²) in [5, 5.41) is 0. The van der Waals surface area contributed by atoms with E-state index in [4.69, 9.17) is 10.5 Å². The highest BCUT2D eigenvalue weighted by Crippen LogP contribution is 2.42. The molecule has 3 nitrogen and oxygen atoms in total. The van der Waals surface area contributed by atoms with Gasteiger partial charge in [-0.25, -0.2) is 0 Å². The Bertz CT molecular complexity index is 482. The van der Waals surface area contributed by atoms with E-state index >= 15 is 0 Å². The molecular weight excluding hydrogens is 260 g/mol. The smallest absolute Gasteiger partial charge is 0.0837 e. The van der Waals surface area contributed by atoms with Crippen LogP contribution in [0.15, 0.2) is 24.3 Å². The summed E-state index contributed by atoms with van der Waals surface area (Å²) in [7, 11) is 0. The molecule has 0 amide bonds. The number of rotatable bonds is 5. The van der Waals surface area contributed by atoms with Gasteiger partial charge in [-0.3, -0.25) is 0 Å². The Morgan fingerprint density at radius 1 is 1.24 bits per heavy atom. The van der Waals surface area contributed by atoms with Crippen molar-refractivity contribution in [1.29, 1.82) is 0 Å². The molecule has 0 saturated carbocycles. The number of nitrogens with two attached hydrogens (primary N) is 1. The van der Waals surface area contributed by atoms with Crippen molar-refractivity contribution in [2.24, 2.45) is 5.73 Å². The quantitative estimate of drug-likeness (QED) is 0.902. The van der Waals surface area contributed by atoms with Crippen LogP contribution in [-0.2, 0) is 4.74 Å². The molecule has 0 bridgehead atoms. The maximum atomic E-state index is 6.30. The molecule has 3 heteroatoms. The van der Waals surface area contributed by atoms with Crippen LogP contribution in [0.2, 0.25) is 0 Å². The van der Waals surface area contributed by atoms with Gasteiger partial charge >= 0.3 is 0 Å². The molecule has 1 aromatic carbocycles. The minimum Gasteiger partial charge on any atom is -0.367 e. The second kappa shape index (κ2) is 5.98. The van der Waals surface area contributed by atoms with E-state index in [9.17, 15) is 0 Å². The van der Waals surface area contributed by atoms with Crippen molar-refractivity contribution in [3.05, 3.63) is 29.8 Å². The van der Waals surface area contributed by atoms with Crippen molar-refractivity contribution in [3.8, 4) is 0 Å². The summed E-state index contributed by atoms with van der Waals surface area (Å²) in [5.41, 5.74) is 8.16. The molecule has 1 unspecified atom stereocenters. The van der Waals surface area contributed by atoms with Gasteiger partial charge in [0.1, 0.15) is 0 Å². The molecule has 0 spiro atoms. The number of hydrogen-bond acceptors (Lipinski definition) is 3. The van der Waals surface area contributed by atoms with Crippen molar-refractivity contribution in [2.45, 2.75) is 64.7 Å². The monoisotopic (exact) mass is 290 g/mol. The number of para-hydroxylation sites is 1. The van der Waals surface area contributed by atoms with Crippen molar-refractivity contribution in [3.63, 3.8) is 0 Å². The molecule has 1 aliphatic heterocycles. The van der Waals surface area contributed by atoms with Gasteiger partial charge in [0.2, 0.25) is 0 Å². The van der Waals surface area contributed by atoms with Crippen molar-refractivity contribution in [1.82, 2.24) is 0 Å². The first-order valence-electron chi connectivity index (χ1n) is 7.99. The Balaban J connectivity index is 2.35. The van der Waals surface area contributed by atoms with Gasteiger partial charge in [-0.05, 0) is 65.6 Å². The number of nitrogens with zero attached hydrogens (tertiary/aromatic N) is 1. The van der Waals surface area contributed by atoms with E-state index in [1.54, 1.807) is 0 Å². The fraction of sp³-hybridized carbons (Fsp3) is 0.667. The van der Waals surface area contributed by atoms with E-state index < -0.39 is 0 Å². The van der Waals surface area contributed by atoms with Gasteiger partial charge in [0.15, 0.2) is 0 Å². The van der Waals surface area contributed by atoms with Crippen LogP contribution < -0.4 is 10.6 Å². The topological polar surface area (TPSA) is 38.5 Å². The number of aryl methyl sites for hydroxylation is 1. The van der Waals surface area contributed by atoms with Crippen molar-refractivity contribution < 1.29 is 4.74 Å². The van der Waals surface area contributed by atoms with Crippen LogP contribution in [0, 0.1) is 6.92 Å². The van der Waals surface area contributed by atoms with E-state index in [0.717, 1.165) is 25.9 Å². The van der Waals surface area contributed by atoms with Crippen LogP contribution in [0.4, 0.5) is 5.69 Å². The summed E-state index contributed by atoms with van der Waals surface area (Å²) < 4.78 is 6.30. The zero-order valence-electron chi connectivity index (χ0n) is 14.1. The molecule has 1 fully saturated rings. The molecule has 118 valence electrons. The third kappa shape index (κ3) is 3.58. The number of ether oxygens (including phenoxy) is 1. The van der Waals surface area contributed by atoms with Crippen LogP contribution in [-0.4, -0.2) is 30.3 Å². The normalized spacial score (nSPS) is 23.2. The van der Waals surface area contributed by atoms with E-state index in [1.807, 2.05) is 0 Å². The first-order chi connectivity index (χ1) is 9.77. The molecule has 0 aromatic heterocycles. The summed E-state index contributed by atoms with van der Waals surface area (Å²) in [5.74, 6) is 0. The fourth-order valence-corrected chi connectivity index (χ4v) is 3.61. The predicted molar refractivity (Wildman–Crippen MR) is 89.8 cm³/mol. The average Bonchev–Trinajstić information content (AvgIpc) is 2.60. The van der Waals surface area contributed by atoms with E-state index in [1.165, 1.54) is 11.3 Å². The van der Waals surface area contributed by atoms with Gasteiger partial charge in [-0.2, -0.15) is 0 Å². The van der Waals surface area contributed by atoms with E-state index in [2.05, 4.69) is 63.8 Å². The second-order valence-corrected chi connectivity index (χ2v) is 7.31. The van der Waals surface area contributed by atoms with Crippen LogP contribution in [0.5, 0.6) is 0 Å². The van der Waals surface area contributed by atoms with Crippen LogP contribution in [0.25, 0.3) is 0 Å². The Morgan fingerprint density at radius 2 is 1.90 bits per heavy atom. The lowest BCUT2D eigenvalue weighted by Gasteiger charge is -2.38. The zero-order valence-corrected chi connectivity index (χ0v) is 14.1. The van der Waals surface area contributed by atoms with Gasteiger partial charge in [-0.15, -0.1) is 0 Å². The second-order valence-electron chi connectivity index (χ2n) is 7.31. The molecular formula is C18H30N2O. The van der Waals surface area contributed by atoms with Gasteiger partial charge in [0, 0.05) is 12.2 Å². The molecule has 1 atom stereocenters. The minimum absolute atomic E-state index is 0.0716. The van der Waals surface area contributed by atoms with Gasteiger partial charge in [0.25, 0.3) is 0 Å². The first kappa shape index (κ1) is 16.3. The average molecular weight is 290 g/mol. The summed E-state index contributed by atoms with van der Waals surface area (Å²) in [6.07, 6.45) is 2.04. The molecule has 1 saturated heterocycles. The maximum Gasteiger partial charge on any atom is 0.0837 e. The largest absolute Gasteiger partial charge is 0.367 e. The third-order valence-corrected chi connectivity index (χ3v) is 4.43. The minimum atomic E-state index is -0.152. The van der Waals surface area contributed by atoms with Crippen molar-refractivity contribution in [2.75, 3.05) is 18.0 Å². The Hall–Kier alpha value is -1.06. The molecule has 2 N–H and O–H groups in total. The molecule has 1 heterocycles. The lowest BCUT2D eigenvalue weighted by atomic mass is 9.92. The first-order valence-corrected chi connectivity index (χ1v) is 7.99. The van der Waals surface area contributed by atoms with E-state index in [0.29, 0.717) is 6.04 Å². The molecule has 1 aromatic rings. The highest BCUT2D eigenvalue weighted by Gasteiger charge is 2.48. The number of hydrogen-bond donors (Lipinski definition) is 1. The third-order valence-electron chi connectivity index (χ3n) is 4.43. The van der Waals surface area contributed by atoms with Gasteiger partial charge in [-0.1, -0.05) is 18.2 Å². The molecule has 1 aliphatic rings. The highest BCUT2D eigenvalue weighted by atomic mass is 16.5. The van der Waals surface area contributed by atoms with Gasteiger partial charge < -0.3 is 15.4 Å². The Morgan fingerprint density at radius 3 is 2.43 bits per heavy atom. The lowest BCUT2D eigenvalue weighted by Crippen LogP contribution is -2.47. The predicted octanol–water partition coefficient (Wildman–Crippen LogP) is 3.50. The standard InChI is InChI=1S/C18H30N2O/c1-14-9-6-7-10-15(14)20(12-8-11-19)16-13-17(2,3)21-18(16,4)5/h6-7,9-10,16H,8,11-13,19H2,1-5H3. The van der Waals surface area contributed by atoms with Crippen LogP contribution in [0.3, 0.4) is 0 Å². The number of benzene rings is 1. The zero-order chi connectivity index (χ0) is 15.7. The van der Waals surface area contributed by atoms with E-state index in [-0.39, 0.29) is 11.2 Å². The SMILES string of the molecule is Cc1ccccc1N(CCCN)C1CC(C)(C)OC1(C)C. The summed E-state index contributed by atoms with van der Waals surface area (Å²) in [6.45, 7) is 12.7. The summed E-state index contributed by atoms with van der Waals surface area (Å²) in [4.78, 5) is 2.51. The fourth-order valence-electron chi connectivity index (χ4n) is 3.61. The van der Waals surface area contributed by atoms with Crippen LogP contribution in [0.1, 0.15) is 46.1 Å². The molecule has 0 aliphatic carbocycles. The maximum absolute atomic E-state index is 6.30. The number of anilines is 1. The van der Waals surface area contributed by atoms with Gasteiger partial charge in [0.05, 0.1) is 17.2 Å². The van der Waals surface area contributed by atoms with Crippen LogP contribution >= 0.6 is 0 Å². The molecule has 0 radical (unpaired) electrons. The molecule has 2 rings (SSSR count). The summed E-state index contributed by atoms with van der Waals surface area (Å²) in [6, 6.07) is 8.98. The Kier molecular flexibility index (Phi) is 4.64. The molecule has 21 heavy (non-hydrogen) atoms. The highest BCUT2D eigenvalue weighted by molar-refractivity contribution is 5.54. The lowest BCUT2D eigenvalue weighted by molar-refractivity contribution is -0.0679. The van der Waals surface area contributed by atoms with Crippen molar-refractivity contribution >= 4 is 5.69 Å².